The lowest BCUT2D eigenvalue weighted by molar-refractivity contribution is -0.384. The first-order valence-electron chi connectivity index (χ1n) is 8.11. The number of non-ortho nitro benzene ring substituents is 1. The van der Waals surface area contributed by atoms with Gasteiger partial charge in [-0.3, -0.25) is 14.9 Å². The summed E-state index contributed by atoms with van der Waals surface area (Å²) in [7, 11) is 1.59. The third-order valence-electron chi connectivity index (χ3n) is 4.22. The lowest BCUT2D eigenvalue weighted by atomic mass is 10.1. The number of benzene rings is 2. The zero-order chi connectivity index (χ0) is 19.0. The quantitative estimate of drug-likeness (QED) is 0.500. The second-order valence-electron chi connectivity index (χ2n) is 5.91. The molecule has 0 amide bonds. The highest BCUT2D eigenvalue weighted by Crippen LogP contribution is 2.42. The van der Waals surface area contributed by atoms with Gasteiger partial charge in [-0.15, -0.1) is 5.10 Å². The second kappa shape index (κ2) is 6.84. The van der Waals surface area contributed by atoms with Crippen molar-refractivity contribution < 1.29 is 14.5 Å². The van der Waals surface area contributed by atoms with Crippen molar-refractivity contribution in [3.8, 4) is 17.1 Å². The lowest BCUT2D eigenvalue weighted by Gasteiger charge is -2.20. The van der Waals surface area contributed by atoms with Crippen LogP contribution in [0.3, 0.4) is 0 Å². The van der Waals surface area contributed by atoms with Crippen LogP contribution in [-0.2, 0) is 0 Å². The third-order valence-corrected chi connectivity index (χ3v) is 5.42. The van der Waals surface area contributed by atoms with Gasteiger partial charge in [-0.25, -0.2) is 4.98 Å². The number of nitrogens with zero attached hydrogens (tertiary/aromatic N) is 4. The van der Waals surface area contributed by atoms with Crippen molar-refractivity contribution >= 4 is 23.4 Å². The normalized spacial score (nSPS) is 16.0. The van der Waals surface area contributed by atoms with Crippen LogP contribution in [0.5, 0.6) is 5.75 Å². The van der Waals surface area contributed by atoms with Crippen LogP contribution in [0.25, 0.3) is 11.4 Å². The molecule has 2 aromatic carbocycles. The van der Waals surface area contributed by atoms with Crippen molar-refractivity contribution in [3.63, 3.8) is 0 Å². The van der Waals surface area contributed by atoms with E-state index in [0.717, 1.165) is 16.9 Å². The van der Waals surface area contributed by atoms with Gasteiger partial charge in [0.05, 0.1) is 12.0 Å². The van der Waals surface area contributed by atoms with Crippen LogP contribution in [0, 0.1) is 10.1 Å². The molecule has 3 aromatic rings. The number of rotatable bonds is 4. The summed E-state index contributed by atoms with van der Waals surface area (Å²) >= 11 is 1.38. The summed E-state index contributed by atoms with van der Waals surface area (Å²) in [6, 6.07) is 13.6. The minimum Gasteiger partial charge on any atom is -0.497 e. The molecule has 136 valence electrons. The van der Waals surface area contributed by atoms with E-state index in [0.29, 0.717) is 11.0 Å². The molecule has 27 heavy (non-hydrogen) atoms. The number of carbonyl (C=O) groups is 1. The van der Waals surface area contributed by atoms with Gasteiger partial charge in [0, 0.05) is 29.4 Å². The number of aromatic nitrogens is 3. The van der Waals surface area contributed by atoms with Crippen LogP contribution >= 0.6 is 11.8 Å². The molecule has 0 saturated carbocycles. The van der Waals surface area contributed by atoms with E-state index in [9.17, 15) is 14.9 Å². The fourth-order valence-electron chi connectivity index (χ4n) is 2.84. The maximum absolute atomic E-state index is 12.5. The monoisotopic (exact) mass is 382 g/mol. The average Bonchev–Trinajstić information content (AvgIpc) is 3.13. The van der Waals surface area contributed by atoms with E-state index in [1.807, 2.05) is 12.1 Å². The number of carbonyl (C=O) groups excluding carboxylic acids is 1. The molecular formula is C18H14N4O4S. The molecule has 0 bridgehead atoms. The van der Waals surface area contributed by atoms with Crippen LogP contribution in [0.4, 0.5) is 5.69 Å². The van der Waals surface area contributed by atoms with Gasteiger partial charge in [0.15, 0.2) is 11.0 Å². The minimum absolute atomic E-state index is 0.00603. The van der Waals surface area contributed by atoms with Crippen LogP contribution in [0.1, 0.15) is 22.0 Å². The Hall–Kier alpha value is -3.20. The standard InChI is InChI=1S/C18H14N4O4S/c1-26-14-7-5-11(6-8-14)17-19-18-21(20-17)16(23)10-15(27-18)12-3-2-4-13(9-12)22(24)25/h2-9,15H,10H2,1H3/t15-/m0/s1. The number of methoxy groups -OCH3 is 1. The molecule has 0 radical (unpaired) electrons. The number of ether oxygens (including phenoxy) is 1. The highest BCUT2D eigenvalue weighted by molar-refractivity contribution is 7.99. The molecule has 0 aliphatic carbocycles. The highest BCUT2D eigenvalue weighted by Gasteiger charge is 2.30. The lowest BCUT2D eigenvalue weighted by Crippen LogP contribution is -2.21. The highest BCUT2D eigenvalue weighted by atomic mass is 32.2. The molecule has 1 aliphatic rings. The van der Waals surface area contributed by atoms with Gasteiger partial charge in [-0.1, -0.05) is 23.9 Å². The largest absolute Gasteiger partial charge is 0.497 e. The molecule has 1 aromatic heterocycles. The summed E-state index contributed by atoms with van der Waals surface area (Å²) in [4.78, 5) is 27.6. The fraction of sp³-hybridized carbons (Fsp3) is 0.167. The maximum Gasteiger partial charge on any atom is 0.269 e. The first-order chi connectivity index (χ1) is 13.0. The molecular weight excluding hydrogens is 368 g/mol. The Bertz CT molecular complexity index is 1030. The first kappa shape index (κ1) is 17.2. The van der Waals surface area contributed by atoms with Crippen molar-refractivity contribution in [2.45, 2.75) is 16.8 Å². The number of fused-ring (bicyclic) bond motifs is 1. The molecule has 0 fully saturated rings. The predicted molar refractivity (Wildman–Crippen MR) is 98.9 cm³/mol. The van der Waals surface area contributed by atoms with Gasteiger partial charge in [0.1, 0.15) is 5.75 Å². The van der Waals surface area contributed by atoms with Crippen molar-refractivity contribution in [1.82, 2.24) is 14.8 Å². The number of nitro groups is 1. The Kier molecular flexibility index (Phi) is 4.36. The van der Waals surface area contributed by atoms with Crippen LogP contribution < -0.4 is 4.74 Å². The zero-order valence-electron chi connectivity index (χ0n) is 14.2. The van der Waals surface area contributed by atoms with E-state index in [4.69, 9.17) is 4.74 Å². The third kappa shape index (κ3) is 3.28. The van der Waals surface area contributed by atoms with Gasteiger partial charge in [0.2, 0.25) is 0 Å². The van der Waals surface area contributed by atoms with Gasteiger partial charge in [-0.05, 0) is 29.8 Å². The Labute approximate surface area is 158 Å². The van der Waals surface area contributed by atoms with Crippen molar-refractivity contribution in [2.75, 3.05) is 7.11 Å². The van der Waals surface area contributed by atoms with E-state index in [1.165, 1.54) is 28.6 Å². The summed E-state index contributed by atoms with van der Waals surface area (Å²) in [5.74, 6) is 0.986. The average molecular weight is 382 g/mol. The van der Waals surface area contributed by atoms with Crippen LogP contribution in [0.15, 0.2) is 53.7 Å². The van der Waals surface area contributed by atoms with Gasteiger partial charge in [-0.2, -0.15) is 4.68 Å². The topological polar surface area (TPSA) is 100 Å². The van der Waals surface area contributed by atoms with E-state index >= 15 is 0 Å². The molecule has 1 aliphatic heterocycles. The van der Waals surface area contributed by atoms with E-state index in [1.54, 1.807) is 31.4 Å². The smallest absolute Gasteiger partial charge is 0.269 e. The van der Waals surface area contributed by atoms with E-state index in [2.05, 4.69) is 10.1 Å². The molecule has 8 nitrogen and oxygen atoms in total. The van der Waals surface area contributed by atoms with Gasteiger partial charge in [0.25, 0.3) is 11.6 Å². The Balaban J connectivity index is 1.64. The Morgan fingerprint density at radius 2 is 2.04 bits per heavy atom. The maximum atomic E-state index is 12.5. The zero-order valence-corrected chi connectivity index (χ0v) is 15.0. The van der Waals surface area contributed by atoms with E-state index < -0.39 is 4.92 Å². The van der Waals surface area contributed by atoms with Crippen molar-refractivity contribution in [1.29, 1.82) is 0 Å². The summed E-state index contributed by atoms with van der Waals surface area (Å²) in [5.41, 5.74) is 1.51. The number of nitro benzene ring substituents is 1. The molecule has 0 unspecified atom stereocenters. The number of hydrogen-bond acceptors (Lipinski definition) is 7. The van der Waals surface area contributed by atoms with Crippen LogP contribution in [0.2, 0.25) is 0 Å². The van der Waals surface area contributed by atoms with Gasteiger partial charge < -0.3 is 4.74 Å². The summed E-state index contributed by atoms with van der Waals surface area (Å²) < 4.78 is 6.44. The summed E-state index contributed by atoms with van der Waals surface area (Å²) in [6.45, 7) is 0. The predicted octanol–water partition coefficient (Wildman–Crippen LogP) is 3.74. The van der Waals surface area contributed by atoms with Crippen molar-refractivity contribution in [2.24, 2.45) is 0 Å². The van der Waals surface area contributed by atoms with Crippen LogP contribution in [-0.4, -0.2) is 32.7 Å². The summed E-state index contributed by atoms with van der Waals surface area (Å²) in [5, 5.41) is 15.6. The van der Waals surface area contributed by atoms with Gasteiger partial charge >= 0.3 is 0 Å². The fourth-order valence-corrected chi connectivity index (χ4v) is 3.98. The molecule has 9 heteroatoms. The minimum atomic E-state index is -0.441. The molecule has 0 saturated heterocycles. The number of thioether (sulfide) groups is 1. The van der Waals surface area contributed by atoms with E-state index in [-0.39, 0.29) is 23.3 Å². The molecule has 2 heterocycles. The summed E-state index contributed by atoms with van der Waals surface area (Å²) in [6.07, 6.45) is 0.199. The van der Waals surface area contributed by atoms with Crippen molar-refractivity contribution in [3.05, 3.63) is 64.2 Å². The first-order valence-corrected chi connectivity index (χ1v) is 8.99. The SMILES string of the molecule is COc1ccc(-c2nc3n(n2)C(=O)C[C@@H](c2cccc([N+](=O)[O-])c2)S3)cc1. The number of hydrogen-bond donors (Lipinski definition) is 0. The molecule has 1 atom stereocenters. The molecule has 4 rings (SSSR count). The Morgan fingerprint density at radius 3 is 2.74 bits per heavy atom. The Morgan fingerprint density at radius 1 is 1.26 bits per heavy atom. The second-order valence-corrected chi connectivity index (χ2v) is 7.08. The molecule has 0 spiro atoms. The molecule has 0 N–H and O–H groups in total.